The van der Waals surface area contributed by atoms with Crippen molar-refractivity contribution in [3.8, 4) is 0 Å². The number of hydrogen-bond acceptors (Lipinski definition) is 0. The summed E-state index contributed by atoms with van der Waals surface area (Å²) < 4.78 is 0. The Kier molecular flexibility index (Phi) is 5.90. The van der Waals surface area contributed by atoms with Gasteiger partial charge in [0.05, 0.1) is 0 Å². The zero-order valence-corrected chi connectivity index (χ0v) is 16.4. The SMILES string of the molecule is CCCC(C1CCC2CCCCC2C1)C1CCC2CCCCC2C1. The molecule has 0 aromatic rings. The summed E-state index contributed by atoms with van der Waals surface area (Å²) in [6.07, 6.45) is 25.1. The second-order valence-electron chi connectivity index (χ2n) is 10.2. The molecule has 0 aliphatic heterocycles. The standard InChI is InChI=1S/C24H42/c1-2-7-24(22-14-12-18-8-3-5-10-20(18)16-22)23-15-13-19-9-4-6-11-21(19)17-23/h18-24H,2-17H2,1H3. The fourth-order valence-corrected chi connectivity index (χ4v) is 7.79. The highest BCUT2D eigenvalue weighted by Crippen LogP contribution is 2.51. The smallest absolute Gasteiger partial charge is 0.0357 e. The van der Waals surface area contributed by atoms with Crippen LogP contribution < -0.4 is 0 Å². The lowest BCUT2D eigenvalue weighted by atomic mass is 9.58. The Balaban J connectivity index is 1.40. The van der Waals surface area contributed by atoms with Gasteiger partial charge in [-0.1, -0.05) is 71.1 Å². The van der Waals surface area contributed by atoms with E-state index in [4.69, 9.17) is 0 Å². The summed E-state index contributed by atoms with van der Waals surface area (Å²) in [6, 6.07) is 0. The summed E-state index contributed by atoms with van der Waals surface area (Å²) in [5.74, 6) is 7.83. The predicted octanol–water partition coefficient (Wildman–Crippen LogP) is 7.62. The van der Waals surface area contributed by atoms with Crippen LogP contribution in [0, 0.1) is 41.4 Å². The number of hydrogen-bond donors (Lipinski definition) is 0. The first-order chi connectivity index (χ1) is 11.8. The fourth-order valence-electron chi connectivity index (χ4n) is 7.79. The van der Waals surface area contributed by atoms with E-state index in [0.717, 1.165) is 41.4 Å². The summed E-state index contributed by atoms with van der Waals surface area (Å²) in [4.78, 5) is 0. The van der Waals surface area contributed by atoms with Gasteiger partial charge < -0.3 is 0 Å². The Bertz CT molecular complexity index is 351. The highest BCUT2D eigenvalue weighted by Gasteiger charge is 2.40. The van der Waals surface area contributed by atoms with Gasteiger partial charge in [0.1, 0.15) is 0 Å². The molecule has 0 amide bonds. The van der Waals surface area contributed by atoms with Crippen LogP contribution >= 0.6 is 0 Å². The Morgan fingerprint density at radius 3 is 1.50 bits per heavy atom. The molecule has 0 aromatic heterocycles. The van der Waals surface area contributed by atoms with Gasteiger partial charge in [-0.3, -0.25) is 0 Å². The molecule has 0 saturated heterocycles. The lowest BCUT2D eigenvalue weighted by Crippen LogP contribution is -2.37. The highest BCUT2D eigenvalue weighted by atomic mass is 14.5. The molecule has 6 unspecified atom stereocenters. The molecule has 4 saturated carbocycles. The lowest BCUT2D eigenvalue weighted by molar-refractivity contribution is 0.0337. The molecule has 0 nitrogen and oxygen atoms in total. The third-order valence-corrected chi connectivity index (χ3v) is 8.99. The molecule has 4 rings (SSSR count). The molecule has 24 heavy (non-hydrogen) atoms. The lowest BCUT2D eigenvalue weighted by Gasteiger charge is -2.47. The van der Waals surface area contributed by atoms with Crippen LogP contribution in [0.1, 0.15) is 110 Å². The molecule has 0 bridgehead atoms. The maximum Gasteiger partial charge on any atom is -0.0357 e. The van der Waals surface area contributed by atoms with Gasteiger partial charge in [0, 0.05) is 0 Å². The van der Waals surface area contributed by atoms with Crippen LogP contribution in [0.25, 0.3) is 0 Å². The van der Waals surface area contributed by atoms with E-state index >= 15 is 0 Å². The first-order valence-corrected chi connectivity index (χ1v) is 11.8. The van der Waals surface area contributed by atoms with E-state index in [2.05, 4.69) is 6.92 Å². The molecular formula is C24H42. The van der Waals surface area contributed by atoms with Crippen molar-refractivity contribution in [2.75, 3.05) is 0 Å². The quantitative estimate of drug-likeness (QED) is 0.497. The summed E-state index contributed by atoms with van der Waals surface area (Å²) in [5, 5.41) is 0. The van der Waals surface area contributed by atoms with Gasteiger partial charge in [-0.25, -0.2) is 0 Å². The second kappa shape index (κ2) is 8.13. The molecule has 0 N–H and O–H groups in total. The Morgan fingerprint density at radius 1 is 0.583 bits per heavy atom. The van der Waals surface area contributed by atoms with Crippen molar-refractivity contribution in [1.82, 2.24) is 0 Å². The first kappa shape index (κ1) is 17.4. The van der Waals surface area contributed by atoms with Crippen LogP contribution in [0.15, 0.2) is 0 Å². The monoisotopic (exact) mass is 330 g/mol. The maximum absolute atomic E-state index is 2.45. The zero-order valence-electron chi connectivity index (χ0n) is 16.4. The maximum atomic E-state index is 2.45. The summed E-state index contributed by atoms with van der Waals surface area (Å²) in [6.45, 7) is 2.45. The average Bonchev–Trinajstić information content (AvgIpc) is 2.65. The van der Waals surface area contributed by atoms with Crippen molar-refractivity contribution >= 4 is 0 Å². The molecule has 0 aromatic carbocycles. The van der Waals surface area contributed by atoms with E-state index in [-0.39, 0.29) is 0 Å². The van der Waals surface area contributed by atoms with Crippen LogP contribution in [0.3, 0.4) is 0 Å². The van der Waals surface area contributed by atoms with Crippen LogP contribution in [0.5, 0.6) is 0 Å². The third kappa shape index (κ3) is 3.73. The van der Waals surface area contributed by atoms with Gasteiger partial charge in [0.25, 0.3) is 0 Å². The normalized spacial score (nSPS) is 44.4. The molecule has 0 heterocycles. The van der Waals surface area contributed by atoms with E-state index in [0.29, 0.717) is 0 Å². The van der Waals surface area contributed by atoms with E-state index in [1.807, 2.05) is 0 Å². The van der Waals surface area contributed by atoms with E-state index < -0.39 is 0 Å². The van der Waals surface area contributed by atoms with Gasteiger partial charge in [-0.15, -0.1) is 0 Å². The third-order valence-electron chi connectivity index (χ3n) is 8.99. The Labute approximate surface area is 151 Å². The van der Waals surface area contributed by atoms with Crippen molar-refractivity contribution in [2.24, 2.45) is 41.4 Å². The Morgan fingerprint density at radius 2 is 1.04 bits per heavy atom. The minimum Gasteiger partial charge on any atom is -0.0654 e. The van der Waals surface area contributed by atoms with Crippen LogP contribution in [-0.2, 0) is 0 Å². The van der Waals surface area contributed by atoms with Gasteiger partial charge in [-0.05, 0) is 80.0 Å². The van der Waals surface area contributed by atoms with Crippen molar-refractivity contribution in [3.63, 3.8) is 0 Å². The topological polar surface area (TPSA) is 0 Å². The van der Waals surface area contributed by atoms with Crippen LogP contribution in [-0.4, -0.2) is 0 Å². The summed E-state index contributed by atoms with van der Waals surface area (Å²) in [7, 11) is 0. The molecule has 0 spiro atoms. The predicted molar refractivity (Wildman–Crippen MR) is 104 cm³/mol. The average molecular weight is 331 g/mol. The van der Waals surface area contributed by atoms with Crippen molar-refractivity contribution in [2.45, 2.75) is 110 Å². The summed E-state index contributed by atoms with van der Waals surface area (Å²) in [5.41, 5.74) is 0. The zero-order chi connectivity index (χ0) is 16.4. The van der Waals surface area contributed by atoms with Gasteiger partial charge in [0.15, 0.2) is 0 Å². The second-order valence-corrected chi connectivity index (χ2v) is 10.2. The first-order valence-electron chi connectivity index (χ1n) is 11.8. The van der Waals surface area contributed by atoms with E-state index in [1.165, 1.54) is 19.3 Å². The van der Waals surface area contributed by atoms with Crippen LogP contribution in [0.4, 0.5) is 0 Å². The number of rotatable bonds is 4. The summed E-state index contributed by atoms with van der Waals surface area (Å²) >= 11 is 0. The van der Waals surface area contributed by atoms with Crippen molar-refractivity contribution in [1.29, 1.82) is 0 Å². The van der Waals surface area contributed by atoms with Crippen LogP contribution in [0.2, 0.25) is 0 Å². The minimum atomic E-state index is 1.10. The molecule has 4 aliphatic rings. The highest BCUT2D eigenvalue weighted by molar-refractivity contribution is 4.91. The largest absolute Gasteiger partial charge is 0.0654 e. The van der Waals surface area contributed by atoms with Gasteiger partial charge in [0.2, 0.25) is 0 Å². The molecule has 0 heteroatoms. The van der Waals surface area contributed by atoms with Gasteiger partial charge >= 0.3 is 0 Å². The molecule has 4 fully saturated rings. The molecule has 138 valence electrons. The molecule has 4 aliphatic carbocycles. The fraction of sp³-hybridized carbons (Fsp3) is 1.00. The van der Waals surface area contributed by atoms with E-state index in [1.54, 1.807) is 83.5 Å². The van der Waals surface area contributed by atoms with Crippen molar-refractivity contribution in [3.05, 3.63) is 0 Å². The molecule has 6 atom stereocenters. The van der Waals surface area contributed by atoms with E-state index in [9.17, 15) is 0 Å². The van der Waals surface area contributed by atoms with Gasteiger partial charge in [-0.2, -0.15) is 0 Å². The van der Waals surface area contributed by atoms with Crippen molar-refractivity contribution < 1.29 is 0 Å². The minimum absolute atomic E-state index is 1.10. The molecule has 0 radical (unpaired) electrons. The molecular weight excluding hydrogens is 288 g/mol. The number of fused-ring (bicyclic) bond motifs is 2. The Hall–Kier alpha value is 0.